The van der Waals surface area contributed by atoms with Crippen molar-refractivity contribution in [2.75, 3.05) is 12.3 Å². The molecule has 5 heteroatoms. The average Bonchev–Trinajstić information content (AvgIpc) is 2.70. The lowest BCUT2D eigenvalue weighted by Gasteiger charge is -2.32. The minimum Gasteiger partial charge on any atom is -0.396 e. The van der Waals surface area contributed by atoms with Crippen molar-refractivity contribution < 1.29 is 4.79 Å². The fourth-order valence-corrected chi connectivity index (χ4v) is 2.30. The largest absolute Gasteiger partial charge is 0.396 e. The van der Waals surface area contributed by atoms with Crippen molar-refractivity contribution in [1.82, 2.24) is 14.7 Å². The van der Waals surface area contributed by atoms with E-state index < -0.39 is 0 Å². The summed E-state index contributed by atoms with van der Waals surface area (Å²) in [5.74, 6) is -0.0260. The van der Waals surface area contributed by atoms with Gasteiger partial charge in [-0.05, 0) is 33.1 Å². The van der Waals surface area contributed by atoms with Crippen LogP contribution in [0.2, 0.25) is 0 Å². The second-order valence-corrected chi connectivity index (χ2v) is 4.63. The van der Waals surface area contributed by atoms with Crippen LogP contribution in [0.25, 0.3) is 0 Å². The number of hydrogen-bond donors (Lipinski definition) is 1. The molecule has 1 aromatic heterocycles. The molecule has 0 aliphatic carbocycles. The summed E-state index contributed by atoms with van der Waals surface area (Å²) in [5.41, 5.74) is 6.72. The van der Waals surface area contributed by atoms with Crippen molar-refractivity contribution in [2.45, 2.75) is 45.7 Å². The van der Waals surface area contributed by atoms with Crippen molar-refractivity contribution in [3.63, 3.8) is 0 Å². The molecule has 1 aliphatic rings. The van der Waals surface area contributed by atoms with Crippen LogP contribution in [0.1, 0.15) is 43.6 Å². The highest BCUT2D eigenvalue weighted by molar-refractivity contribution is 5.97. The Morgan fingerprint density at radius 3 is 2.94 bits per heavy atom. The van der Waals surface area contributed by atoms with Crippen LogP contribution in [0.15, 0.2) is 6.20 Å². The molecular formula is C12H20N4O. The molecule has 1 saturated heterocycles. The molecule has 1 atom stereocenters. The molecule has 1 fully saturated rings. The molecule has 94 valence electrons. The highest BCUT2D eigenvalue weighted by atomic mass is 16.2. The number of carbonyl (C=O) groups is 1. The highest BCUT2D eigenvalue weighted by Gasteiger charge is 2.27. The van der Waals surface area contributed by atoms with E-state index >= 15 is 0 Å². The van der Waals surface area contributed by atoms with Gasteiger partial charge in [-0.25, -0.2) is 0 Å². The van der Waals surface area contributed by atoms with Gasteiger partial charge >= 0.3 is 0 Å². The summed E-state index contributed by atoms with van der Waals surface area (Å²) in [4.78, 5) is 14.2. The van der Waals surface area contributed by atoms with Gasteiger partial charge in [-0.2, -0.15) is 5.10 Å². The highest BCUT2D eigenvalue weighted by Crippen LogP contribution is 2.20. The number of nitrogens with zero attached hydrogens (tertiary/aromatic N) is 3. The van der Waals surface area contributed by atoms with Crippen molar-refractivity contribution in [1.29, 1.82) is 0 Å². The van der Waals surface area contributed by atoms with Gasteiger partial charge in [0.2, 0.25) is 0 Å². The lowest BCUT2D eigenvalue weighted by Crippen LogP contribution is -2.42. The molecule has 0 spiro atoms. The first-order valence-electron chi connectivity index (χ1n) is 6.27. The lowest BCUT2D eigenvalue weighted by molar-refractivity contribution is 0.0629. The van der Waals surface area contributed by atoms with E-state index in [0.29, 0.717) is 17.4 Å². The third-order valence-corrected chi connectivity index (χ3v) is 3.38. The van der Waals surface area contributed by atoms with Gasteiger partial charge in [-0.3, -0.25) is 9.48 Å². The molecule has 1 aliphatic heterocycles. The average molecular weight is 236 g/mol. The zero-order chi connectivity index (χ0) is 12.4. The summed E-state index contributed by atoms with van der Waals surface area (Å²) in [6.07, 6.45) is 5.07. The maximum atomic E-state index is 12.3. The monoisotopic (exact) mass is 236 g/mol. The zero-order valence-corrected chi connectivity index (χ0v) is 10.5. The van der Waals surface area contributed by atoms with E-state index in [9.17, 15) is 4.79 Å². The fourth-order valence-electron chi connectivity index (χ4n) is 2.30. The van der Waals surface area contributed by atoms with Gasteiger partial charge in [0.1, 0.15) is 0 Å². The third kappa shape index (κ3) is 2.28. The predicted octanol–water partition coefficient (Wildman–Crippen LogP) is 1.50. The Hall–Kier alpha value is -1.52. The first-order valence-corrected chi connectivity index (χ1v) is 6.27. The molecule has 0 radical (unpaired) electrons. The van der Waals surface area contributed by atoms with Crippen LogP contribution in [-0.2, 0) is 6.54 Å². The molecular weight excluding hydrogens is 216 g/mol. The van der Waals surface area contributed by atoms with E-state index in [-0.39, 0.29) is 5.91 Å². The van der Waals surface area contributed by atoms with Crippen molar-refractivity contribution in [2.24, 2.45) is 0 Å². The number of anilines is 1. The summed E-state index contributed by atoms with van der Waals surface area (Å²) >= 11 is 0. The number of aromatic nitrogens is 2. The van der Waals surface area contributed by atoms with E-state index in [1.807, 2.05) is 11.8 Å². The number of amides is 1. The summed E-state index contributed by atoms with van der Waals surface area (Å²) in [7, 11) is 0. The molecule has 1 amide bonds. The van der Waals surface area contributed by atoms with E-state index in [1.165, 1.54) is 6.42 Å². The quantitative estimate of drug-likeness (QED) is 0.846. The maximum Gasteiger partial charge on any atom is 0.276 e. The molecule has 0 aromatic carbocycles. The van der Waals surface area contributed by atoms with Crippen molar-refractivity contribution in [3.05, 3.63) is 11.9 Å². The lowest BCUT2D eigenvalue weighted by atomic mass is 10.0. The van der Waals surface area contributed by atoms with Crippen LogP contribution >= 0.6 is 0 Å². The Labute approximate surface area is 102 Å². The standard InChI is InChI=1S/C12H20N4O/c1-3-15-8-10(13)11(14-15)12(17)16-7-5-4-6-9(16)2/h8-9H,3-7,13H2,1-2H3. The van der Waals surface area contributed by atoms with Gasteiger partial charge < -0.3 is 10.6 Å². The zero-order valence-electron chi connectivity index (χ0n) is 10.5. The van der Waals surface area contributed by atoms with Gasteiger partial charge in [0.15, 0.2) is 5.69 Å². The fraction of sp³-hybridized carbons (Fsp3) is 0.667. The summed E-state index contributed by atoms with van der Waals surface area (Å²) < 4.78 is 1.71. The van der Waals surface area contributed by atoms with E-state index in [0.717, 1.165) is 25.9 Å². The Balaban J connectivity index is 2.20. The van der Waals surface area contributed by atoms with E-state index in [1.54, 1.807) is 10.9 Å². The number of aryl methyl sites for hydroxylation is 1. The van der Waals surface area contributed by atoms with Gasteiger partial charge in [0.25, 0.3) is 5.91 Å². The molecule has 17 heavy (non-hydrogen) atoms. The summed E-state index contributed by atoms with van der Waals surface area (Å²) in [6, 6.07) is 0.294. The van der Waals surface area contributed by atoms with Crippen LogP contribution in [0, 0.1) is 0 Å². The maximum absolute atomic E-state index is 12.3. The minimum atomic E-state index is -0.0260. The molecule has 2 rings (SSSR count). The first-order chi connectivity index (χ1) is 8.13. The smallest absolute Gasteiger partial charge is 0.276 e. The van der Waals surface area contributed by atoms with Gasteiger partial charge in [0, 0.05) is 25.3 Å². The second kappa shape index (κ2) is 4.77. The Morgan fingerprint density at radius 1 is 1.59 bits per heavy atom. The van der Waals surface area contributed by atoms with Gasteiger partial charge in [-0.1, -0.05) is 0 Å². The molecule has 0 bridgehead atoms. The molecule has 0 saturated carbocycles. The number of likely N-dealkylation sites (tertiary alicyclic amines) is 1. The van der Waals surface area contributed by atoms with Crippen LogP contribution in [0.3, 0.4) is 0 Å². The van der Waals surface area contributed by atoms with Crippen LogP contribution in [0.4, 0.5) is 5.69 Å². The normalized spacial score (nSPS) is 20.6. The number of nitrogen functional groups attached to an aromatic ring is 1. The number of rotatable bonds is 2. The Bertz CT molecular complexity index is 413. The number of carbonyl (C=O) groups excluding carboxylic acids is 1. The van der Waals surface area contributed by atoms with Crippen LogP contribution in [-0.4, -0.2) is 33.2 Å². The van der Waals surface area contributed by atoms with E-state index in [4.69, 9.17) is 5.73 Å². The Morgan fingerprint density at radius 2 is 2.35 bits per heavy atom. The molecule has 2 heterocycles. The Kier molecular flexibility index (Phi) is 3.36. The number of nitrogens with two attached hydrogens (primary N) is 1. The van der Waals surface area contributed by atoms with E-state index in [2.05, 4.69) is 12.0 Å². The topological polar surface area (TPSA) is 64.2 Å². The predicted molar refractivity (Wildman–Crippen MR) is 66.7 cm³/mol. The van der Waals surface area contributed by atoms with Gasteiger partial charge in [0.05, 0.1) is 5.69 Å². The third-order valence-electron chi connectivity index (χ3n) is 3.38. The molecule has 5 nitrogen and oxygen atoms in total. The molecule has 2 N–H and O–H groups in total. The van der Waals surface area contributed by atoms with Crippen LogP contribution in [0.5, 0.6) is 0 Å². The number of hydrogen-bond acceptors (Lipinski definition) is 3. The number of piperidine rings is 1. The van der Waals surface area contributed by atoms with Crippen molar-refractivity contribution >= 4 is 11.6 Å². The SMILES string of the molecule is CCn1cc(N)c(C(=O)N2CCCCC2C)n1. The molecule has 1 unspecified atom stereocenters. The van der Waals surface area contributed by atoms with Crippen molar-refractivity contribution in [3.8, 4) is 0 Å². The first kappa shape index (κ1) is 12.0. The molecule has 1 aromatic rings. The van der Waals surface area contributed by atoms with Gasteiger partial charge in [-0.15, -0.1) is 0 Å². The minimum absolute atomic E-state index is 0.0260. The summed E-state index contributed by atoms with van der Waals surface area (Å²) in [5, 5.41) is 4.24. The summed E-state index contributed by atoms with van der Waals surface area (Å²) in [6.45, 7) is 5.61. The van der Waals surface area contributed by atoms with Crippen LogP contribution < -0.4 is 5.73 Å². The second-order valence-electron chi connectivity index (χ2n) is 4.63.